The third-order valence-corrected chi connectivity index (χ3v) is 6.29. The van der Waals surface area contributed by atoms with Gasteiger partial charge in [0.2, 0.25) is 5.92 Å². The lowest BCUT2D eigenvalue weighted by Crippen LogP contribution is -2.42. The number of carbonyl (C=O) groups excluding carboxylic acids is 1. The van der Waals surface area contributed by atoms with Crippen LogP contribution >= 0.6 is 23.8 Å². The molecule has 0 radical (unpaired) electrons. The number of nitrogens with one attached hydrogen (secondary N) is 2. The molecule has 0 spiro atoms. The molecule has 0 bridgehead atoms. The fourth-order valence-corrected chi connectivity index (χ4v) is 4.41. The molecule has 0 unspecified atom stereocenters. The van der Waals surface area contributed by atoms with Crippen LogP contribution in [0.5, 0.6) is 17.2 Å². The number of pyridine rings is 1. The van der Waals surface area contributed by atoms with Gasteiger partial charge in [-0.25, -0.2) is 8.78 Å². The Labute approximate surface area is 210 Å². The van der Waals surface area contributed by atoms with Gasteiger partial charge in [-0.05, 0) is 49.3 Å². The van der Waals surface area contributed by atoms with E-state index in [4.69, 9.17) is 39.0 Å². The number of benzene rings is 2. The highest BCUT2D eigenvalue weighted by Gasteiger charge is 2.35. The monoisotopic (exact) mass is 520 g/mol. The Morgan fingerprint density at radius 3 is 2.60 bits per heavy atom. The predicted molar refractivity (Wildman–Crippen MR) is 135 cm³/mol. The van der Waals surface area contributed by atoms with Gasteiger partial charge in [-0.1, -0.05) is 11.6 Å². The molecule has 1 fully saturated rings. The topological polar surface area (TPSA) is 98.5 Å². The summed E-state index contributed by atoms with van der Waals surface area (Å²) in [4.78, 5) is 16.1. The van der Waals surface area contributed by atoms with Gasteiger partial charge < -0.3 is 25.8 Å². The van der Waals surface area contributed by atoms with Crippen LogP contribution in [0.2, 0.25) is 5.02 Å². The fraction of sp³-hybridized carbons (Fsp3) is 0.292. The first kappa shape index (κ1) is 24.9. The minimum Gasteiger partial charge on any atom is -0.496 e. The van der Waals surface area contributed by atoms with E-state index in [2.05, 4.69) is 15.6 Å². The molecule has 0 atom stereocenters. The van der Waals surface area contributed by atoms with Gasteiger partial charge in [0, 0.05) is 42.6 Å². The number of nitrogens with two attached hydrogens (primary N) is 1. The molecule has 1 aromatic heterocycles. The molecule has 2 aromatic carbocycles. The number of aromatic nitrogens is 1. The maximum atomic E-state index is 13.3. The van der Waals surface area contributed by atoms with Gasteiger partial charge in [0.25, 0.3) is 5.91 Å². The largest absolute Gasteiger partial charge is 0.496 e. The lowest BCUT2D eigenvalue weighted by molar-refractivity contribution is -0.0389. The molecule has 0 aliphatic heterocycles. The minimum absolute atomic E-state index is 0.111. The summed E-state index contributed by atoms with van der Waals surface area (Å²) in [6.45, 7) is 0. The molecule has 35 heavy (non-hydrogen) atoms. The number of thiocarbonyl (C=S) groups is 1. The lowest BCUT2D eigenvalue weighted by atomic mass is 9.92. The number of halogens is 3. The van der Waals surface area contributed by atoms with Gasteiger partial charge in [0.15, 0.2) is 5.11 Å². The van der Waals surface area contributed by atoms with Crippen molar-refractivity contribution in [2.75, 3.05) is 12.4 Å². The van der Waals surface area contributed by atoms with Crippen LogP contribution in [-0.4, -0.2) is 35.1 Å². The highest BCUT2D eigenvalue weighted by Crippen LogP contribution is 2.36. The second-order valence-electron chi connectivity index (χ2n) is 8.22. The first-order valence-corrected chi connectivity index (χ1v) is 11.6. The van der Waals surface area contributed by atoms with Crippen molar-refractivity contribution in [1.82, 2.24) is 10.3 Å². The molecular weight excluding hydrogens is 498 g/mol. The SMILES string of the molecule is COc1cc2nccc(Oc3ccc(NC(=S)NC4CCC(F)(F)CC4)c(Cl)c3)c2cc1C(N)=O. The number of rotatable bonds is 6. The van der Waals surface area contributed by atoms with Crippen LogP contribution in [0.15, 0.2) is 42.6 Å². The molecule has 4 rings (SSSR count). The number of nitrogens with zero attached hydrogens (tertiary/aromatic N) is 1. The van der Waals surface area contributed by atoms with Crippen molar-refractivity contribution in [2.45, 2.75) is 37.6 Å². The number of carbonyl (C=O) groups is 1. The van der Waals surface area contributed by atoms with E-state index >= 15 is 0 Å². The molecule has 1 aliphatic carbocycles. The zero-order valence-electron chi connectivity index (χ0n) is 18.7. The van der Waals surface area contributed by atoms with E-state index in [0.29, 0.717) is 56.8 Å². The van der Waals surface area contributed by atoms with Crippen LogP contribution in [0.25, 0.3) is 10.9 Å². The van der Waals surface area contributed by atoms with Gasteiger partial charge in [0.1, 0.15) is 17.2 Å². The van der Waals surface area contributed by atoms with E-state index < -0.39 is 11.8 Å². The number of ether oxygens (including phenoxy) is 2. The van der Waals surface area contributed by atoms with Crippen molar-refractivity contribution in [1.29, 1.82) is 0 Å². The highest BCUT2D eigenvalue weighted by molar-refractivity contribution is 7.80. The van der Waals surface area contributed by atoms with Crippen molar-refractivity contribution in [3.05, 3.63) is 53.2 Å². The minimum atomic E-state index is -2.60. The average molecular weight is 521 g/mol. The molecule has 1 aliphatic rings. The molecule has 184 valence electrons. The quantitative estimate of drug-likeness (QED) is 0.361. The van der Waals surface area contributed by atoms with E-state index in [9.17, 15) is 13.6 Å². The summed E-state index contributed by atoms with van der Waals surface area (Å²) < 4.78 is 38.0. The second kappa shape index (κ2) is 10.2. The second-order valence-corrected chi connectivity index (χ2v) is 9.03. The Bertz CT molecular complexity index is 1280. The maximum Gasteiger partial charge on any atom is 0.252 e. The predicted octanol–water partition coefficient (Wildman–Crippen LogP) is 5.65. The zero-order chi connectivity index (χ0) is 25.2. The third-order valence-electron chi connectivity index (χ3n) is 5.76. The molecule has 1 heterocycles. The summed E-state index contributed by atoms with van der Waals surface area (Å²) in [6.07, 6.45) is 1.95. The molecule has 3 aromatic rings. The fourth-order valence-electron chi connectivity index (χ4n) is 3.91. The first-order valence-electron chi connectivity index (χ1n) is 10.8. The van der Waals surface area contributed by atoms with Crippen molar-refractivity contribution < 1.29 is 23.0 Å². The van der Waals surface area contributed by atoms with Crippen LogP contribution in [0, 0.1) is 0 Å². The summed E-state index contributed by atoms with van der Waals surface area (Å²) in [5.74, 6) is -2.02. The summed E-state index contributed by atoms with van der Waals surface area (Å²) in [6, 6.07) is 9.74. The Kier molecular flexibility index (Phi) is 7.23. The van der Waals surface area contributed by atoms with Crippen molar-refractivity contribution >= 4 is 51.4 Å². The number of fused-ring (bicyclic) bond motifs is 1. The summed E-state index contributed by atoms with van der Waals surface area (Å²) in [7, 11) is 1.44. The Hall–Kier alpha value is -3.24. The molecule has 11 heteroatoms. The number of methoxy groups -OCH3 is 1. The molecular formula is C24H23ClF2N4O3S. The van der Waals surface area contributed by atoms with Gasteiger partial charge in [-0.3, -0.25) is 9.78 Å². The molecule has 1 saturated carbocycles. The number of primary amides is 1. The highest BCUT2D eigenvalue weighted by atomic mass is 35.5. The Morgan fingerprint density at radius 1 is 1.20 bits per heavy atom. The van der Waals surface area contributed by atoms with Gasteiger partial charge in [-0.15, -0.1) is 0 Å². The van der Waals surface area contributed by atoms with Crippen LogP contribution in [-0.2, 0) is 0 Å². The number of anilines is 1. The summed E-state index contributed by atoms with van der Waals surface area (Å²) in [5, 5.41) is 7.30. The van der Waals surface area contributed by atoms with E-state index in [1.54, 1.807) is 42.6 Å². The van der Waals surface area contributed by atoms with Crippen LogP contribution in [0.1, 0.15) is 36.0 Å². The average Bonchev–Trinajstić information content (AvgIpc) is 2.81. The van der Waals surface area contributed by atoms with Crippen LogP contribution < -0.4 is 25.8 Å². The maximum absolute atomic E-state index is 13.3. The molecule has 4 N–H and O–H groups in total. The normalized spacial score (nSPS) is 15.4. The summed E-state index contributed by atoms with van der Waals surface area (Å²) >= 11 is 11.7. The van der Waals surface area contributed by atoms with Crippen LogP contribution in [0.3, 0.4) is 0 Å². The summed E-state index contributed by atoms with van der Waals surface area (Å²) in [5.41, 5.74) is 6.78. The van der Waals surface area contributed by atoms with Gasteiger partial charge >= 0.3 is 0 Å². The molecule has 7 nitrogen and oxygen atoms in total. The lowest BCUT2D eigenvalue weighted by Gasteiger charge is -2.29. The third kappa shape index (κ3) is 5.88. The van der Waals surface area contributed by atoms with Crippen molar-refractivity contribution in [3.8, 4) is 17.2 Å². The van der Waals surface area contributed by atoms with E-state index in [1.807, 2.05) is 0 Å². The van der Waals surface area contributed by atoms with Crippen molar-refractivity contribution in [3.63, 3.8) is 0 Å². The van der Waals surface area contributed by atoms with E-state index in [0.717, 1.165) is 0 Å². The number of hydrogen-bond acceptors (Lipinski definition) is 5. The number of alkyl halides is 2. The number of hydrogen-bond donors (Lipinski definition) is 3. The first-order chi connectivity index (χ1) is 16.6. The van der Waals surface area contributed by atoms with E-state index in [-0.39, 0.29) is 24.4 Å². The standard InChI is InChI=1S/C24H23ClF2N4O3S/c1-33-21-12-19-15(11-16(21)22(28)32)20(6-9-29-19)34-14-2-3-18(17(25)10-14)31-23(35)30-13-4-7-24(26,27)8-5-13/h2-3,6,9-13H,4-5,7-8H2,1H3,(H2,28,32)(H2,30,31,35). The number of amides is 1. The Balaban J connectivity index is 1.48. The zero-order valence-corrected chi connectivity index (χ0v) is 20.3. The van der Waals surface area contributed by atoms with Crippen LogP contribution in [0.4, 0.5) is 14.5 Å². The molecule has 0 saturated heterocycles. The van der Waals surface area contributed by atoms with Gasteiger partial charge in [0.05, 0.1) is 28.9 Å². The van der Waals surface area contributed by atoms with E-state index in [1.165, 1.54) is 7.11 Å². The smallest absolute Gasteiger partial charge is 0.252 e. The van der Waals surface area contributed by atoms with Crippen molar-refractivity contribution in [2.24, 2.45) is 5.73 Å². The Morgan fingerprint density at radius 2 is 1.94 bits per heavy atom. The molecule has 1 amide bonds. The van der Waals surface area contributed by atoms with Gasteiger partial charge in [-0.2, -0.15) is 0 Å².